The third-order valence-corrected chi connectivity index (χ3v) is 4.93. The van der Waals surface area contributed by atoms with E-state index in [0.717, 1.165) is 5.56 Å². The zero-order valence-electron chi connectivity index (χ0n) is 12.0. The first-order valence-corrected chi connectivity index (χ1v) is 7.13. The quantitative estimate of drug-likeness (QED) is 0.839. The van der Waals surface area contributed by atoms with E-state index in [1.807, 2.05) is 37.3 Å². The second-order valence-corrected chi connectivity index (χ2v) is 6.00. The number of amidine groups is 1. The molecule has 2 aliphatic heterocycles. The molecular weight excluding hydrogens is 280 g/mol. The highest BCUT2D eigenvalue weighted by atomic mass is 16.8. The Hall–Kier alpha value is -2.41. The standard InChI is InChI=1S/C16H14N4O2/c1-10-7-21-16(22-10)15(9-18)12(11-5-3-2-4-6-11)14(15,8-17)13(19)20-16/h2-6,10,12H,7H2,1H3,(H2,19,20)/t10-,12-,14-,15-,16-/m1/s1. The Kier molecular flexibility index (Phi) is 2.33. The van der Waals surface area contributed by atoms with E-state index in [-0.39, 0.29) is 11.9 Å². The maximum Gasteiger partial charge on any atom is 0.293 e. The minimum atomic E-state index is -1.47. The van der Waals surface area contributed by atoms with Crippen molar-refractivity contribution in [3.8, 4) is 12.1 Å². The van der Waals surface area contributed by atoms with Crippen molar-refractivity contribution in [1.29, 1.82) is 10.5 Å². The number of nitriles is 2. The van der Waals surface area contributed by atoms with Crippen LogP contribution in [0.25, 0.3) is 0 Å². The normalized spacial score (nSPS) is 45.0. The van der Waals surface area contributed by atoms with Crippen molar-refractivity contribution in [2.75, 3.05) is 6.61 Å². The summed E-state index contributed by atoms with van der Waals surface area (Å²) in [6, 6.07) is 13.9. The van der Waals surface area contributed by atoms with Gasteiger partial charge in [0.05, 0.1) is 24.8 Å². The van der Waals surface area contributed by atoms with Crippen LogP contribution in [0.1, 0.15) is 18.4 Å². The molecule has 0 aromatic heterocycles. The number of fused-ring (bicyclic) bond motifs is 2. The summed E-state index contributed by atoms with van der Waals surface area (Å²) in [4.78, 5) is 4.27. The van der Waals surface area contributed by atoms with Gasteiger partial charge in [0.2, 0.25) is 0 Å². The molecule has 0 amide bonds. The van der Waals surface area contributed by atoms with E-state index in [0.29, 0.717) is 6.61 Å². The van der Waals surface area contributed by atoms with Crippen LogP contribution in [0, 0.1) is 33.5 Å². The van der Waals surface area contributed by atoms with Crippen LogP contribution in [0.2, 0.25) is 0 Å². The lowest BCUT2D eigenvalue weighted by molar-refractivity contribution is -0.193. The molecule has 110 valence electrons. The number of rotatable bonds is 1. The van der Waals surface area contributed by atoms with E-state index < -0.39 is 22.7 Å². The molecule has 3 aliphatic rings. The predicted molar refractivity (Wildman–Crippen MR) is 76.1 cm³/mol. The van der Waals surface area contributed by atoms with Crippen LogP contribution in [0.5, 0.6) is 0 Å². The maximum absolute atomic E-state index is 9.93. The van der Waals surface area contributed by atoms with Gasteiger partial charge in [-0.15, -0.1) is 0 Å². The Morgan fingerprint density at radius 2 is 2.00 bits per heavy atom. The van der Waals surface area contributed by atoms with Crippen LogP contribution in [-0.2, 0) is 9.47 Å². The number of nitrogens with zero attached hydrogens (tertiary/aromatic N) is 3. The van der Waals surface area contributed by atoms with Gasteiger partial charge < -0.3 is 15.2 Å². The molecular formula is C16H14N4O2. The molecule has 6 heteroatoms. The Labute approximate surface area is 127 Å². The van der Waals surface area contributed by atoms with Gasteiger partial charge in [0.25, 0.3) is 5.91 Å². The minimum absolute atomic E-state index is 0.125. The third kappa shape index (κ3) is 1.13. The largest absolute Gasteiger partial charge is 0.386 e. The zero-order valence-corrected chi connectivity index (χ0v) is 12.0. The Morgan fingerprint density at radius 3 is 2.55 bits per heavy atom. The molecule has 2 fully saturated rings. The van der Waals surface area contributed by atoms with Gasteiger partial charge in [0.1, 0.15) is 11.3 Å². The monoisotopic (exact) mass is 294 g/mol. The third-order valence-electron chi connectivity index (χ3n) is 4.93. The van der Waals surface area contributed by atoms with Crippen molar-refractivity contribution in [2.45, 2.75) is 24.9 Å². The van der Waals surface area contributed by atoms with E-state index in [2.05, 4.69) is 17.1 Å². The van der Waals surface area contributed by atoms with E-state index >= 15 is 0 Å². The van der Waals surface area contributed by atoms with E-state index in [1.54, 1.807) is 0 Å². The first-order valence-electron chi connectivity index (χ1n) is 7.13. The summed E-state index contributed by atoms with van der Waals surface area (Å²) in [5, 5.41) is 19.7. The molecule has 6 nitrogen and oxygen atoms in total. The van der Waals surface area contributed by atoms with Crippen molar-refractivity contribution in [2.24, 2.45) is 21.6 Å². The zero-order chi connectivity index (χ0) is 15.6. The van der Waals surface area contributed by atoms with Crippen molar-refractivity contribution in [3.05, 3.63) is 35.9 Å². The van der Waals surface area contributed by atoms with Crippen LogP contribution in [0.4, 0.5) is 0 Å². The van der Waals surface area contributed by atoms with Crippen LogP contribution >= 0.6 is 0 Å². The van der Waals surface area contributed by atoms with Gasteiger partial charge in [-0.2, -0.15) is 10.5 Å². The molecule has 1 aliphatic carbocycles. The summed E-state index contributed by atoms with van der Waals surface area (Å²) in [6.07, 6.45) is -0.201. The lowest BCUT2D eigenvalue weighted by Crippen LogP contribution is -2.39. The lowest BCUT2D eigenvalue weighted by Gasteiger charge is -2.26. The van der Waals surface area contributed by atoms with Crippen molar-refractivity contribution < 1.29 is 9.47 Å². The summed E-state index contributed by atoms with van der Waals surface area (Å²) in [7, 11) is 0. The molecule has 4 rings (SSSR count). The van der Waals surface area contributed by atoms with Crippen LogP contribution in [0.3, 0.4) is 0 Å². The van der Waals surface area contributed by atoms with Gasteiger partial charge >= 0.3 is 0 Å². The molecule has 1 saturated heterocycles. The van der Waals surface area contributed by atoms with Crippen molar-refractivity contribution in [3.63, 3.8) is 0 Å². The number of hydrogen-bond donors (Lipinski definition) is 1. The van der Waals surface area contributed by atoms with Gasteiger partial charge in [-0.3, -0.25) is 0 Å². The van der Waals surface area contributed by atoms with Gasteiger partial charge in [0.15, 0.2) is 5.41 Å². The first kappa shape index (κ1) is 13.3. The van der Waals surface area contributed by atoms with Crippen LogP contribution < -0.4 is 5.73 Å². The number of aliphatic imine (C=N–C) groups is 1. The topological polar surface area (TPSA) is 104 Å². The molecule has 1 saturated carbocycles. The molecule has 1 aromatic rings. The SMILES string of the molecule is C[C@@H]1CO[C@@]2(N=C(N)[C@@]3(C#N)[C@@H](c4ccccc4)[C@@]23C#N)O1. The molecule has 0 unspecified atom stereocenters. The maximum atomic E-state index is 9.93. The molecule has 1 aromatic carbocycles. The molecule has 2 N–H and O–H groups in total. The van der Waals surface area contributed by atoms with E-state index in [9.17, 15) is 10.5 Å². The average Bonchev–Trinajstić information content (AvgIpc) is 2.93. The highest BCUT2D eigenvalue weighted by Crippen LogP contribution is 2.82. The predicted octanol–water partition coefficient (Wildman–Crippen LogP) is 1.26. The number of benzene rings is 1. The summed E-state index contributed by atoms with van der Waals surface area (Å²) in [6.45, 7) is 2.17. The Bertz CT molecular complexity index is 765. The number of hydrogen-bond acceptors (Lipinski definition) is 6. The summed E-state index contributed by atoms with van der Waals surface area (Å²) in [5.74, 6) is -1.75. The highest BCUT2D eigenvalue weighted by molar-refractivity contribution is 6.00. The lowest BCUT2D eigenvalue weighted by atomic mass is 9.94. The minimum Gasteiger partial charge on any atom is -0.386 e. The molecule has 0 bridgehead atoms. The second kappa shape index (κ2) is 3.86. The van der Waals surface area contributed by atoms with Gasteiger partial charge in [-0.1, -0.05) is 30.3 Å². The fourth-order valence-corrected chi connectivity index (χ4v) is 4.01. The highest BCUT2D eigenvalue weighted by Gasteiger charge is 2.94. The van der Waals surface area contributed by atoms with Gasteiger partial charge in [0, 0.05) is 5.92 Å². The second-order valence-electron chi connectivity index (χ2n) is 6.00. The summed E-state index contributed by atoms with van der Waals surface area (Å²) in [5.41, 5.74) is 4.52. The van der Waals surface area contributed by atoms with Crippen LogP contribution in [-0.4, -0.2) is 24.5 Å². The average molecular weight is 294 g/mol. The molecule has 22 heavy (non-hydrogen) atoms. The summed E-state index contributed by atoms with van der Waals surface area (Å²) < 4.78 is 11.6. The van der Waals surface area contributed by atoms with Gasteiger partial charge in [-0.05, 0) is 12.5 Å². The molecule has 2 heterocycles. The molecule has 5 atom stereocenters. The van der Waals surface area contributed by atoms with Crippen molar-refractivity contribution >= 4 is 5.84 Å². The number of ether oxygens (including phenoxy) is 2. The smallest absolute Gasteiger partial charge is 0.293 e. The number of nitrogens with two attached hydrogens (primary N) is 1. The van der Waals surface area contributed by atoms with E-state index in [1.165, 1.54) is 0 Å². The van der Waals surface area contributed by atoms with Crippen molar-refractivity contribution in [1.82, 2.24) is 0 Å². The fourth-order valence-electron chi connectivity index (χ4n) is 4.01. The Balaban J connectivity index is 1.93. The molecule has 0 radical (unpaired) electrons. The fraction of sp³-hybridized carbons (Fsp3) is 0.438. The first-order chi connectivity index (χ1) is 10.6. The molecule has 1 spiro atoms. The van der Waals surface area contributed by atoms with E-state index in [4.69, 9.17) is 15.2 Å². The summed E-state index contributed by atoms with van der Waals surface area (Å²) >= 11 is 0. The Morgan fingerprint density at radius 1 is 1.27 bits per heavy atom. The van der Waals surface area contributed by atoms with Gasteiger partial charge in [-0.25, -0.2) is 4.99 Å². The van der Waals surface area contributed by atoms with Crippen LogP contribution in [0.15, 0.2) is 35.3 Å².